The second-order valence-corrected chi connectivity index (χ2v) is 8.58. The van der Waals surface area contributed by atoms with Crippen molar-refractivity contribution < 1.29 is 19.1 Å². The average molecular weight is 451 g/mol. The Morgan fingerprint density at radius 2 is 1.79 bits per heavy atom. The summed E-state index contributed by atoms with van der Waals surface area (Å²) in [7, 11) is 1.56. The highest BCUT2D eigenvalue weighted by atomic mass is 16.6. The quantitative estimate of drug-likeness (QED) is 0.664. The van der Waals surface area contributed by atoms with E-state index in [4.69, 9.17) is 4.74 Å². The van der Waals surface area contributed by atoms with Crippen LogP contribution >= 0.6 is 0 Å². The summed E-state index contributed by atoms with van der Waals surface area (Å²) in [5, 5.41) is 7.89. The van der Waals surface area contributed by atoms with Crippen LogP contribution in [0.5, 0.6) is 0 Å². The Hall–Kier alpha value is -3.55. The number of nitrogens with one attached hydrogen (secondary N) is 3. The normalized spacial score (nSPS) is 19.0. The Labute approximate surface area is 193 Å². The van der Waals surface area contributed by atoms with Crippen molar-refractivity contribution in [2.45, 2.75) is 51.3 Å². The van der Waals surface area contributed by atoms with E-state index in [0.29, 0.717) is 18.7 Å². The molecule has 1 aliphatic heterocycles. The molecular formula is C25H30N4O4. The molecule has 0 saturated carbocycles. The maximum Gasteiger partial charge on any atom is 0.408 e. The summed E-state index contributed by atoms with van der Waals surface area (Å²) in [6.45, 7) is 2.50. The lowest BCUT2D eigenvalue weighted by Gasteiger charge is -2.27. The first kappa shape index (κ1) is 22.6. The van der Waals surface area contributed by atoms with Gasteiger partial charge < -0.3 is 25.6 Å². The van der Waals surface area contributed by atoms with Crippen LogP contribution in [-0.4, -0.2) is 42.6 Å². The molecule has 4 rings (SSSR count). The van der Waals surface area contributed by atoms with Crippen molar-refractivity contribution in [3.63, 3.8) is 0 Å². The van der Waals surface area contributed by atoms with E-state index in [1.54, 1.807) is 13.1 Å². The fourth-order valence-electron chi connectivity index (χ4n) is 4.54. The van der Waals surface area contributed by atoms with Crippen LogP contribution in [0.3, 0.4) is 0 Å². The third kappa shape index (κ3) is 5.27. The van der Waals surface area contributed by atoms with Gasteiger partial charge in [0.05, 0.1) is 0 Å². The van der Waals surface area contributed by atoms with E-state index < -0.39 is 6.09 Å². The summed E-state index contributed by atoms with van der Waals surface area (Å²) in [6, 6.07) is 13.6. The molecule has 2 aromatic rings. The van der Waals surface area contributed by atoms with Crippen LogP contribution < -0.4 is 16.0 Å². The fourth-order valence-corrected chi connectivity index (χ4v) is 4.54. The van der Waals surface area contributed by atoms with Gasteiger partial charge in [0, 0.05) is 25.3 Å². The second-order valence-electron chi connectivity index (χ2n) is 8.58. The van der Waals surface area contributed by atoms with Crippen LogP contribution in [0.15, 0.2) is 42.5 Å². The largest absolute Gasteiger partial charge is 0.441 e. The van der Waals surface area contributed by atoms with Gasteiger partial charge in [0.15, 0.2) is 0 Å². The first-order valence-corrected chi connectivity index (χ1v) is 11.4. The molecule has 4 amide bonds. The summed E-state index contributed by atoms with van der Waals surface area (Å²) in [4.78, 5) is 38.6. The molecule has 2 aromatic carbocycles. The Balaban J connectivity index is 1.31. The molecule has 8 heteroatoms. The van der Waals surface area contributed by atoms with E-state index >= 15 is 0 Å². The molecule has 8 nitrogen and oxygen atoms in total. The number of amides is 4. The zero-order valence-corrected chi connectivity index (χ0v) is 19.0. The van der Waals surface area contributed by atoms with Crippen molar-refractivity contribution in [2.75, 3.05) is 18.9 Å². The van der Waals surface area contributed by atoms with Gasteiger partial charge in [0.1, 0.15) is 12.6 Å². The van der Waals surface area contributed by atoms with Crippen LogP contribution in [0.25, 0.3) is 0 Å². The highest BCUT2D eigenvalue weighted by molar-refractivity contribution is 5.89. The van der Waals surface area contributed by atoms with E-state index in [1.807, 2.05) is 36.1 Å². The molecule has 1 aliphatic carbocycles. The Kier molecular flexibility index (Phi) is 6.82. The molecule has 1 unspecified atom stereocenters. The molecule has 0 bridgehead atoms. The number of urea groups is 1. The van der Waals surface area contributed by atoms with Gasteiger partial charge in [0.2, 0.25) is 5.91 Å². The lowest BCUT2D eigenvalue weighted by Crippen LogP contribution is -2.43. The lowest BCUT2D eigenvalue weighted by atomic mass is 10.0. The van der Waals surface area contributed by atoms with Crippen LogP contribution in [0, 0.1) is 0 Å². The summed E-state index contributed by atoms with van der Waals surface area (Å²) >= 11 is 0. The molecule has 33 heavy (non-hydrogen) atoms. The van der Waals surface area contributed by atoms with Crippen LogP contribution in [0.2, 0.25) is 0 Å². The zero-order valence-electron chi connectivity index (χ0n) is 19.0. The number of nitrogens with zero attached hydrogens (tertiary/aromatic N) is 1. The van der Waals surface area contributed by atoms with Gasteiger partial charge in [0.25, 0.3) is 0 Å². The highest BCUT2D eigenvalue weighted by Gasteiger charge is 2.28. The van der Waals surface area contributed by atoms with E-state index in [1.165, 1.54) is 5.56 Å². The van der Waals surface area contributed by atoms with Crippen molar-refractivity contribution in [1.29, 1.82) is 0 Å². The van der Waals surface area contributed by atoms with Gasteiger partial charge in [-0.2, -0.15) is 0 Å². The monoisotopic (exact) mass is 450 g/mol. The molecule has 0 spiro atoms. The second kappa shape index (κ2) is 9.94. The maximum atomic E-state index is 12.9. The van der Waals surface area contributed by atoms with E-state index in [2.05, 4.69) is 28.1 Å². The standard InChI is InChI=1S/C25H30N4O4/c1-16-7-8-17-5-3-4-6-19(17)15-29(16)23(30)14-27-25(32)33-22-12-9-18-13-20(10-11-21(18)22)28-24(31)26-2/h3-6,10-11,13,16,22H,7-9,12,14-15H2,1-2H3,(H,27,32)(H2,26,28,31)/t16?,22-/m0/s1. The van der Waals surface area contributed by atoms with Gasteiger partial charge in [-0.3, -0.25) is 4.79 Å². The predicted molar refractivity (Wildman–Crippen MR) is 125 cm³/mol. The number of aryl methyl sites for hydroxylation is 2. The van der Waals surface area contributed by atoms with Crippen molar-refractivity contribution >= 4 is 23.7 Å². The van der Waals surface area contributed by atoms with Gasteiger partial charge in [-0.1, -0.05) is 30.3 Å². The third-order valence-corrected chi connectivity index (χ3v) is 6.43. The summed E-state index contributed by atoms with van der Waals surface area (Å²) in [5.74, 6) is -0.118. The number of hydrogen-bond donors (Lipinski definition) is 3. The summed E-state index contributed by atoms with van der Waals surface area (Å²) in [6.07, 6.45) is 2.28. The van der Waals surface area contributed by atoms with Gasteiger partial charge in [-0.05, 0) is 67.0 Å². The molecule has 0 aromatic heterocycles. The molecule has 174 valence electrons. The maximum absolute atomic E-state index is 12.9. The van der Waals surface area contributed by atoms with Crippen molar-refractivity contribution in [1.82, 2.24) is 15.5 Å². The Morgan fingerprint density at radius 1 is 1.03 bits per heavy atom. The minimum absolute atomic E-state index is 0.0973. The van der Waals surface area contributed by atoms with E-state index in [9.17, 15) is 14.4 Å². The number of anilines is 1. The topological polar surface area (TPSA) is 99.8 Å². The summed E-state index contributed by atoms with van der Waals surface area (Å²) < 4.78 is 5.60. The number of benzene rings is 2. The van der Waals surface area contributed by atoms with Gasteiger partial charge in [-0.25, -0.2) is 9.59 Å². The molecule has 3 N–H and O–H groups in total. The summed E-state index contributed by atoms with van der Waals surface area (Å²) in [5.41, 5.74) is 5.09. The number of rotatable bonds is 4. The Morgan fingerprint density at radius 3 is 2.58 bits per heavy atom. The predicted octanol–water partition coefficient (Wildman–Crippen LogP) is 3.51. The number of ether oxygens (including phenoxy) is 1. The average Bonchev–Trinajstić information content (AvgIpc) is 3.12. The number of hydrogen-bond acceptors (Lipinski definition) is 4. The van der Waals surface area contributed by atoms with E-state index in [-0.39, 0.29) is 30.6 Å². The van der Waals surface area contributed by atoms with Gasteiger partial charge >= 0.3 is 12.1 Å². The molecular weight excluding hydrogens is 420 g/mol. The lowest BCUT2D eigenvalue weighted by molar-refractivity contribution is -0.132. The smallest absolute Gasteiger partial charge is 0.408 e. The van der Waals surface area contributed by atoms with Crippen molar-refractivity contribution in [3.8, 4) is 0 Å². The molecule has 0 radical (unpaired) electrons. The Bertz CT molecular complexity index is 1050. The molecule has 0 fully saturated rings. The van der Waals surface area contributed by atoms with E-state index in [0.717, 1.165) is 36.0 Å². The van der Waals surface area contributed by atoms with Crippen molar-refractivity contribution in [3.05, 3.63) is 64.7 Å². The molecule has 0 saturated heterocycles. The molecule has 1 heterocycles. The number of carbonyl (C=O) groups is 3. The minimum atomic E-state index is -0.600. The van der Waals surface area contributed by atoms with Crippen LogP contribution in [0.1, 0.15) is 48.1 Å². The number of alkyl carbamates (subject to hydrolysis) is 1. The third-order valence-electron chi connectivity index (χ3n) is 6.43. The van der Waals surface area contributed by atoms with Crippen molar-refractivity contribution in [2.24, 2.45) is 0 Å². The fraction of sp³-hybridized carbons (Fsp3) is 0.400. The first-order chi connectivity index (χ1) is 15.9. The highest BCUT2D eigenvalue weighted by Crippen LogP contribution is 2.35. The van der Waals surface area contributed by atoms with Crippen LogP contribution in [0.4, 0.5) is 15.3 Å². The molecule has 2 atom stereocenters. The van der Waals surface area contributed by atoms with Crippen LogP contribution in [-0.2, 0) is 28.9 Å². The van der Waals surface area contributed by atoms with Gasteiger partial charge in [-0.15, -0.1) is 0 Å². The number of carbonyl (C=O) groups excluding carboxylic acids is 3. The SMILES string of the molecule is CNC(=O)Nc1ccc2c(c1)CC[C@@H]2OC(=O)NCC(=O)N1Cc2ccccc2CCC1C. The zero-order chi connectivity index (χ0) is 23.4. The first-order valence-electron chi connectivity index (χ1n) is 11.4. The minimum Gasteiger partial charge on any atom is -0.441 e. The number of fused-ring (bicyclic) bond motifs is 2. The molecule has 2 aliphatic rings.